The number of carbonyl (C=O) groups excluding carboxylic acids is 3. The molecule has 0 aliphatic carbocycles. The minimum Gasteiger partial charge on any atom is -0.468 e. The smallest absolute Gasteiger partial charge is 0.407 e. The van der Waals surface area contributed by atoms with E-state index in [1.165, 1.54) is 14.2 Å². The lowest BCUT2D eigenvalue weighted by Crippen LogP contribution is -2.48. The quantitative estimate of drug-likeness (QED) is 0.299. The van der Waals surface area contributed by atoms with Crippen LogP contribution in [0.15, 0.2) is 0 Å². The fourth-order valence-electron chi connectivity index (χ4n) is 2.25. The first kappa shape index (κ1) is 22.2. The number of hydrogen-bond donors (Lipinski definition) is 1. The Labute approximate surface area is 144 Å². The van der Waals surface area contributed by atoms with Gasteiger partial charge in [0.2, 0.25) is 0 Å². The topological polar surface area (TPSA) is 90.9 Å². The molecule has 0 fully saturated rings. The summed E-state index contributed by atoms with van der Waals surface area (Å²) in [5.74, 6) is -2.69. The molecule has 1 N–H and O–H groups in total. The number of methoxy groups -OCH3 is 2. The Bertz CT molecular complexity index is 400. The molecule has 0 aromatic rings. The van der Waals surface area contributed by atoms with Gasteiger partial charge in [-0.2, -0.15) is 0 Å². The van der Waals surface area contributed by atoms with Gasteiger partial charge in [-0.05, 0) is 27.2 Å². The second kappa shape index (κ2) is 10.9. The molecule has 0 radical (unpaired) electrons. The summed E-state index contributed by atoms with van der Waals surface area (Å²) in [4.78, 5) is 36.0. The summed E-state index contributed by atoms with van der Waals surface area (Å²) in [7, 11) is 2.39. The summed E-state index contributed by atoms with van der Waals surface area (Å²) in [6.45, 7) is 7.30. The van der Waals surface area contributed by atoms with Crippen molar-refractivity contribution in [3.63, 3.8) is 0 Å². The number of nitrogens with one attached hydrogen (secondary N) is 1. The van der Waals surface area contributed by atoms with Crippen LogP contribution in [0.4, 0.5) is 4.79 Å². The third-order valence-electron chi connectivity index (χ3n) is 3.38. The van der Waals surface area contributed by atoms with Crippen molar-refractivity contribution in [1.29, 1.82) is 0 Å². The molecule has 0 aromatic carbocycles. The Morgan fingerprint density at radius 3 is 1.92 bits per heavy atom. The highest BCUT2D eigenvalue weighted by molar-refractivity contribution is 5.96. The molecule has 0 aliphatic heterocycles. The van der Waals surface area contributed by atoms with Gasteiger partial charge in [-0.3, -0.25) is 9.59 Å². The maximum atomic E-state index is 12.0. The SMILES string of the molecule is CCCCCC[C@@H](NC(=O)OC(C)(C)C)C(C(=O)OC)C(=O)OC. The predicted octanol–water partition coefficient (Wildman–Crippen LogP) is 2.81. The highest BCUT2D eigenvalue weighted by Crippen LogP contribution is 2.17. The van der Waals surface area contributed by atoms with Crippen LogP contribution in [0.1, 0.15) is 59.8 Å². The molecular formula is C17H31NO6. The van der Waals surface area contributed by atoms with Gasteiger partial charge in [0.25, 0.3) is 0 Å². The van der Waals surface area contributed by atoms with Gasteiger partial charge in [-0.25, -0.2) is 4.79 Å². The highest BCUT2D eigenvalue weighted by Gasteiger charge is 2.38. The lowest BCUT2D eigenvalue weighted by atomic mass is 9.94. The third-order valence-corrected chi connectivity index (χ3v) is 3.38. The first-order valence-corrected chi connectivity index (χ1v) is 8.31. The number of rotatable bonds is 9. The largest absolute Gasteiger partial charge is 0.468 e. The van der Waals surface area contributed by atoms with Crippen LogP contribution in [-0.4, -0.2) is 43.9 Å². The van der Waals surface area contributed by atoms with E-state index in [-0.39, 0.29) is 0 Å². The van der Waals surface area contributed by atoms with Crippen molar-refractivity contribution >= 4 is 18.0 Å². The summed E-state index contributed by atoms with van der Waals surface area (Å²) in [6.07, 6.45) is 3.58. The van der Waals surface area contributed by atoms with Crippen LogP contribution in [-0.2, 0) is 23.8 Å². The minimum atomic E-state index is -1.21. The van der Waals surface area contributed by atoms with E-state index in [4.69, 9.17) is 14.2 Å². The zero-order chi connectivity index (χ0) is 18.8. The Hall–Kier alpha value is -1.79. The normalized spacial score (nSPS) is 12.5. The van der Waals surface area contributed by atoms with Crippen LogP contribution < -0.4 is 5.32 Å². The first-order valence-electron chi connectivity index (χ1n) is 8.31. The van der Waals surface area contributed by atoms with Crippen molar-refractivity contribution in [1.82, 2.24) is 5.32 Å². The summed E-state index contributed by atoms with van der Waals surface area (Å²) in [5.41, 5.74) is -0.678. The molecule has 0 heterocycles. The average molecular weight is 345 g/mol. The summed E-state index contributed by atoms with van der Waals surface area (Å²) in [5, 5.41) is 2.62. The van der Waals surface area contributed by atoms with E-state index in [0.29, 0.717) is 6.42 Å². The predicted molar refractivity (Wildman–Crippen MR) is 89.4 cm³/mol. The molecule has 0 rings (SSSR count). The Morgan fingerprint density at radius 1 is 0.958 bits per heavy atom. The summed E-state index contributed by atoms with van der Waals surface area (Å²) < 4.78 is 14.6. The van der Waals surface area contributed by atoms with Gasteiger partial charge >= 0.3 is 18.0 Å². The zero-order valence-electron chi connectivity index (χ0n) is 15.6. The summed E-state index contributed by atoms with van der Waals surface area (Å²) in [6, 6.07) is -0.739. The zero-order valence-corrected chi connectivity index (χ0v) is 15.6. The minimum absolute atomic E-state index is 0.452. The van der Waals surface area contributed by atoms with E-state index in [1.54, 1.807) is 20.8 Å². The van der Waals surface area contributed by atoms with Crippen molar-refractivity contribution in [2.45, 2.75) is 71.4 Å². The average Bonchev–Trinajstić information content (AvgIpc) is 2.48. The van der Waals surface area contributed by atoms with Crippen molar-refractivity contribution in [2.24, 2.45) is 5.92 Å². The van der Waals surface area contributed by atoms with Crippen LogP contribution >= 0.6 is 0 Å². The van der Waals surface area contributed by atoms with Gasteiger partial charge < -0.3 is 19.5 Å². The molecule has 1 amide bonds. The molecule has 0 saturated heterocycles. The van der Waals surface area contributed by atoms with Gasteiger partial charge in [-0.1, -0.05) is 32.6 Å². The van der Waals surface area contributed by atoms with Gasteiger partial charge in [0.15, 0.2) is 5.92 Å². The highest BCUT2D eigenvalue weighted by atomic mass is 16.6. The van der Waals surface area contributed by atoms with Crippen molar-refractivity contribution in [3.8, 4) is 0 Å². The van der Waals surface area contributed by atoms with Gasteiger partial charge in [-0.15, -0.1) is 0 Å². The van der Waals surface area contributed by atoms with Crippen molar-refractivity contribution in [2.75, 3.05) is 14.2 Å². The van der Waals surface area contributed by atoms with Crippen LogP contribution in [0.25, 0.3) is 0 Å². The molecule has 0 saturated carbocycles. The summed E-state index contributed by atoms with van der Waals surface area (Å²) >= 11 is 0. The second-order valence-electron chi connectivity index (χ2n) is 6.63. The molecule has 24 heavy (non-hydrogen) atoms. The van der Waals surface area contributed by atoms with E-state index >= 15 is 0 Å². The molecular weight excluding hydrogens is 314 g/mol. The molecule has 0 aromatic heterocycles. The van der Waals surface area contributed by atoms with E-state index in [0.717, 1.165) is 25.7 Å². The number of hydrogen-bond acceptors (Lipinski definition) is 6. The number of amides is 1. The van der Waals surface area contributed by atoms with Crippen LogP contribution in [0.2, 0.25) is 0 Å². The molecule has 7 heteroatoms. The Morgan fingerprint density at radius 2 is 1.50 bits per heavy atom. The lowest BCUT2D eigenvalue weighted by Gasteiger charge is -2.26. The van der Waals surface area contributed by atoms with E-state index in [2.05, 4.69) is 12.2 Å². The van der Waals surface area contributed by atoms with E-state index in [1.807, 2.05) is 0 Å². The van der Waals surface area contributed by atoms with Gasteiger partial charge in [0.1, 0.15) is 5.60 Å². The van der Waals surface area contributed by atoms with Gasteiger partial charge in [0, 0.05) is 0 Å². The third kappa shape index (κ3) is 8.74. The standard InChI is InChI=1S/C17H31NO6/c1-7-8-9-10-11-12(18-16(21)24-17(2,3)4)13(14(19)22-5)15(20)23-6/h12-13H,7-11H2,1-6H3,(H,18,21)/t12-/m1/s1. The Balaban J connectivity index is 5.14. The molecule has 7 nitrogen and oxygen atoms in total. The molecule has 0 unspecified atom stereocenters. The Kier molecular flexibility index (Phi) is 10.1. The van der Waals surface area contributed by atoms with Gasteiger partial charge in [0.05, 0.1) is 20.3 Å². The molecule has 0 aliphatic rings. The van der Waals surface area contributed by atoms with Crippen LogP contribution in [0.3, 0.4) is 0 Å². The number of carbonyl (C=O) groups is 3. The maximum Gasteiger partial charge on any atom is 0.407 e. The monoisotopic (exact) mass is 345 g/mol. The number of unbranched alkanes of at least 4 members (excludes halogenated alkanes) is 3. The fraction of sp³-hybridized carbons (Fsp3) is 0.824. The van der Waals surface area contributed by atoms with Crippen LogP contribution in [0.5, 0.6) is 0 Å². The van der Waals surface area contributed by atoms with Crippen molar-refractivity contribution < 1.29 is 28.6 Å². The fourth-order valence-corrected chi connectivity index (χ4v) is 2.25. The van der Waals surface area contributed by atoms with Crippen LogP contribution in [0, 0.1) is 5.92 Å². The molecule has 0 bridgehead atoms. The number of alkyl carbamates (subject to hydrolysis) is 1. The molecule has 1 atom stereocenters. The number of esters is 2. The maximum absolute atomic E-state index is 12.0. The molecule has 0 spiro atoms. The first-order chi connectivity index (χ1) is 11.2. The lowest BCUT2D eigenvalue weighted by molar-refractivity contribution is -0.160. The number of ether oxygens (including phenoxy) is 3. The second-order valence-corrected chi connectivity index (χ2v) is 6.63. The molecule has 140 valence electrons. The van der Waals surface area contributed by atoms with Crippen molar-refractivity contribution in [3.05, 3.63) is 0 Å². The van der Waals surface area contributed by atoms with E-state index in [9.17, 15) is 14.4 Å². The van der Waals surface area contributed by atoms with E-state index < -0.39 is 35.6 Å².